The van der Waals surface area contributed by atoms with Crippen LogP contribution in [0.25, 0.3) is 0 Å². The Morgan fingerprint density at radius 2 is 2.22 bits per heavy atom. The largest absolute Gasteiger partial charge is 0.491 e. The van der Waals surface area contributed by atoms with Gasteiger partial charge in [-0.15, -0.1) is 0 Å². The molecule has 0 aliphatic carbocycles. The minimum absolute atomic E-state index is 0.0281. The highest BCUT2D eigenvalue weighted by atomic mass is 35.5. The monoisotopic (exact) mass is 270 g/mol. The fraction of sp³-hybridized carbons (Fsp3) is 0.462. The van der Waals surface area contributed by atoms with Crippen LogP contribution < -0.4 is 15.8 Å². The fourth-order valence-electron chi connectivity index (χ4n) is 1.44. The molecular weight excluding hydrogens is 252 g/mol. The van der Waals surface area contributed by atoms with Gasteiger partial charge in [-0.1, -0.05) is 17.7 Å². The Morgan fingerprint density at radius 1 is 1.50 bits per heavy atom. The van der Waals surface area contributed by atoms with Crippen molar-refractivity contribution in [3.63, 3.8) is 0 Å². The van der Waals surface area contributed by atoms with Crippen LogP contribution in [0.3, 0.4) is 0 Å². The molecule has 100 valence electrons. The summed E-state index contributed by atoms with van der Waals surface area (Å²) in [6.45, 7) is 4.58. The van der Waals surface area contributed by atoms with Crippen molar-refractivity contribution in [2.45, 2.75) is 32.9 Å². The second-order valence-corrected chi connectivity index (χ2v) is 4.70. The van der Waals surface area contributed by atoms with Crippen LogP contribution in [-0.4, -0.2) is 18.6 Å². The lowest BCUT2D eigenvalue weighted by atomic mass is 10.2. The predicted molar refractivity (Wildman–Crippen MR) is 72.7 cm³/mol. The molecule has 1 amide bonds. The topological polar surface area (TPSA) is 64.3 Å². The summed E-state index contributed by atoms with van der Waals surface area (Å²) < 4.78 is 5.45. The normalized spacial score (nSPS) is 10.5. The molecule has 0 spiro atoms. The van der Waals surface area contributed by atoms with Gasteiger partial charge < -0.3 is 15.8 Å². The van der Waals surface area contributed by atoms with Crippen LogP contribution >= 0.6 is 11.6 Å². The van der Waals surface area contributed by atoms with E-state index in [1.54, 1.807) is 12.1 Å². The van der Waals surface area contributed by atoms with Crippen LogP contribution in [0.4, 0.5) is 0 Å². The summed E-state index contributed by atoms with van der Waals surface area (Å²) in [5.41, 5.74) is 6.45. The second-order valence-electron chi connectivity index (χ2n) is 4.29. The molecule has 1 aromatic carbocycles. The van der Waals surface area contributed by atoms with Crippen LogP contribution in [0.5, 0.6) is 5.75 Å². The summed E-state index contributed by atoms with van der Waals surface area (Å²) in [5.74, 6) is 0.547. The van der Waals surface area contributed by atoms with E-state index in [4.69, 9.17) is 22.1 Å². The molecule has 4 nitrogen and oxygen atoms in total. The number of ether oxygens (including phenoxy) is 1. The summed E-state index contributed by atoms with van der Waals surface area (Å²) in [4.78, 5) is 11.4. The van der Waals surface area contributed by atoms with Gasteiger partial charge >= 0.3 is 0 Å². The lowest BCUT2D eigenvalue weighted by Gasteiger charge is -2.10. The molecule has 5 heteroatoms. The van der Waals surface area contributed by atoms with Crippen molar-refractivity contribution < 1.29 is 9.53 Å². The Kier molecular flexibility index (Phi) is 5.95. The van der Waals surface area contributed by atoms with Crippen molar-refractivity contribution in [2.24, 2.45) is 5.73 Å². The molecule has 0 aliphatic heterocycles. The van der Waals surface area contributed by atoms with E-state index in [0.717, 1.165) is 5.56 Å². The van der Waals surface area contributed by atoms with Gasteiger partial charge in [0.2, 0.25) is 5.91 Å². The van der Waals surface area contributed by atoms with E-state index in [1.165, 1.54) is 0 Å². The molecule has 0 aliphatic rings. The summed E-state index contributed by atoms with van der Waals surface area (Å²) in [6.07, 6.45) is 0.313. The quantitative estimate of drug-likeness (QED) is 0.832. The molecule has 0 aromatic heterocycles. The van der Waals surface area contributed by atoms with Gasteiger partial charge in [0.1, 0.15) is 5.75 Å². The van der Waals surface area contributed by atoms with Crippen molar-refractivity contribution in [3.8, 4) is 5.75 Å². The highest BCUT2D eigenvalue weighted by Gasteiger charge is 2.06. The first kappa shape index (κ1) is 14.8. The van der Waals surface area contributed by atoms with Gasteiger partial charge in [0.05, 0.1) is 18.1 Å². The maximum absolute atomic E-state index is 11.4. The fourth-order valence-corrected chi connectivity index (χ4v) is 1.69. The van der Waals surface area contributed by atoms with Gasteiger partial charge in [-0.3, -0.25) is 4.79 Å². The number of nitrogens with two attached hydrogens (primary N) is 1. The molecule has 0 saturated carbocycles. The molecule has 0 radical (unpaired) electrons. The van der Waals surface area contributed by atoms with E-state index in [9.17, 15) is 4.79 Å². The number of carbonyl (C=O) groups is 1. The average molecular weight is 271 g/mol. The van der Waals surface area contributed by atoms with Crippen molar-refractivity contribution >= 4 is 17.5 Å². The molecule has 0 atom stereocenters. The predicted octanol–water partition coefficient (Wildman–Crippen LogP) is 2.09. The smallest absolute Gasteiger partial charge is 0.223 e. The van der Waals surface area contributed by atoms with E-state index in [1.807, 2.05) is 19.9 Å². The molecule has 0 unspecified atom stereocenters. The molecule has 3 N–H and O–H groups in total. The Hall–Kier alpha value is -1.26. The van der Waals surface area contributed by atoms with E-state index < -0.39 is 0 Å². The minimum atomic E-state index is -0.0281. The summed E-state index contributed by atoms with van der Waals surface area (Å²) in [5, 5.41) is 3.31. The first-order valence-electron chi connectivity index (χ1n) is 5.93. The zero-order valence-electron chi connectivity index (χ0n) is 10.7. The Labute approximate surface area is 112 Å². The van der Waals surface area contributed by atoms with Crippen LogP contribution in [-0.2, 0) is 11.3 Å². The number of rotatable bonds is 6. The van der Waals surface area contributed by atoms with E-state index in [0.29, 0.717) is 30.3 Å². The van der Waals surface area contributed by atoms with Crippen molar-refractivity contribution in [1.82, 2.24) is 5.32 Å². The lowest BCUT2D eigenvalue weighted by molar-refractivity contribution is -0.122. The van der Waals surface area contributed by atoms with Gasteiger partial charge in [-0.25, -0.2) is 0 Å². The van der Waals surface area contributed by atoms with Gasteiger partial charge in [-0.05, 0) is 31.5 Å². The van der Waals surface area contributed by atoms with E-state index >= 15 is 0 Å². The lowest BCUT2D eigenvalue weighted by Crippen LogP contribution is -2.31. The van der Waals surface area contributed by atoms with E-state index in [-0.39, 0.29) is 11.9 Å². The number of halogens is 1. The molecule has 18 heavy (non-hydrogen) atoms. The first-order chi connectivity index (χ1) is 8.52. The Balaban J connectivity index is 2.42. The molecule has 0 fully saturated rings. The third-order valence-corrected chi connectivity index (χ3v) is 2.56. The molecule has 0 heterocycles. The number of carbonyl (C=O) groups excluding carboxylic acids is 1. The molecule has 0 bridgehead atoms. The standard InChI is InChI=1S/C13H19ClN2O2/c1-9(2)16-13(17)5-6-18-12-4-3-10(8-15)7-11(12)14/h3-4,7,9H,5-6,8,15H2,1-2H3,(H,16,17). The third-order valence-electron chi connectivity index (χ3n) is 2.27. The average Bonchev–Trinajstić information content (AvgIpc) is 2.30. The Morgan fingerprint density at radius 3 is 2.78 bits per heavy atom. The molecular formula is C13H19ClN2O2. The zero-order valence-corrected chi connectivity index (χ0v) is 11.5. The highest BCUT2D eigenvalue weighted by molar-refractivity contribution is 6.32. The number of amides is 1. The van der Waals surface area contributed by atoms with Gasteiger partial charge in [0.25, 0.3) is 0 Å². The van der Waals surface area contributed by atoms with Crippen LogP contribution in [0.15, 0.2) is 18.2 Å². The SMILES string of the molecule is CC(C)NC(=O)CCOc1ccc(CN)cc1Cl. The number of hydrogen-bond donors (Lipinski definition) is 2. The summed E-state index contributed by atoms with van der Waals surface area (Å²) >= 11 is 6.03. The highest BCUT2D eigenvalue weighted by Crippen LogP contribution is 2.25. The van der Waals surface area contributed by atoms with Crippen molar-refractivity contribution in [2.75, 3.05) is 6.61 Å². The number of hydrogen-bond acceptors (Lipinski definition) is 3. The van der Waals surface area contributed by atoms with Crippen molar-refractivity contribution in [1.29, 1.82) is 0 Å². The molecule has 1 rings (SSSR count). The van der Waals surface area contributed by atoms with Gasteiger partial charge in [0.15, 0.2) is 0 Å². The first-order valence-corrected chi connectivity index (χ1v) is 6.31. The molecule has 0 saturated heterocycles. The zero-order chi connectivity index (χ0) is 13.5. The molecule has 1 aromatic rings. The van der Waals surface area contributed by atoms with Crippen molar-refractivity contribution in [3.05, 3.63) is 28.8 Å². The van der Waals surface area contributed by atoms with Gasteiger partial charge in [-0.2, -0.15) is 0 Å². The van der Waals surface area contributed by atoms with Gasteiger partial charge in [0, 0.05) is 12.6 Å². The second kappa shape index (κ2) is 7.24. The van der Waals surface area contributed by atoms with Crippen LogP contribution in [0, 0.1) is 0 Å². The van der Waals surface area contributed by atoms with Crippen LogP contribution in [0.1, 0.15) is 25.8 Å². The maximum atomic E-state index is 11.4. The maximum Gasteiger partial charge on any atom is 0.223 e. The third kappa shape index (κ3) is 4.94. The number of benzene rings is 1. The van der Waals surface area contributed by atoms with Crippen LogP contribution in [0.2, 0.25) is 5.02 Å². The van der Waals surface area contributed by atoms with E-state index in [2.05, 4.69) is 5.32 Å². The minimum Gasteiger partial charge on any atom is -0.491 e. The summed E-state index contributed by atoms with van der Waals surface area (Å²) in [6, 6.07) is 5.54. The summed E-state index contributed by atoms with van der Waals surface area (Å²) in [7, 11) is 0. The number of nitrogens with one attached hydrogen (secondary N) is 1. The Bertz CT molecular complexity index is 408.